The number of thiocarbonyl (C=S) groups is 1. The topological polar surface area (TPSA) is 24.9 Å². The van der Waals surface area contributed by atoms with E-state index in [0.717, 1.165) is 6.07 Å². The summed E-state index contributed by atoms with van der Waals surface area (Å²) in [6.45, 7) is 0.498. The molecular formula is C14H12F2N2S. The number of aromatic nitrogens is 1. The zero-order chi connectivity index (χ0) is 13.7. The van der Waals surface area contributed by atoms with Crippen molar-refractivity contribution in [3.8, 4) is 0 Å². The van der Waals surface area contributed by atoms with Crippen molar-refractivity contribution in [1.82, 2.24) is 10.3 Å². The van der Waals surface area contributed by atoms with Crippen LogP contribution < -0.4 is 5.32 Å². The maximum absolute atomic E-state index is 13.0. The van der Waals surface area contributed by atoms with E-state index in [1.165, 1.54) is 12.1 Å². The van der Waals surface area contributed by atoms with E-state index in [4.69, 9.17) is 12.2 Å². The zero-order valence-corrected chi connectivity index (χ0v) is 10.9. The lowest BCUT2D eigenvalue weighted by atomic mass is 10.1. The summed E-state index contributed by atoms with van der Waals surface area (Å²) in [7, 11) is 0. The fourth-order valence-electron chi connectivity index (χ4n) is 1.66. The van der Waals surface area contributed by atoms with Crippen LogP contribution in [-0.4, -0.2) is 16.5 Å². The standard InChI is InChI=1S/C14H12F2N2S/c15-11-7-10(8-12(16)9-11)4-6-18-14(19)13-3-1-2-5-17-13/h1-3,5,7-9H,4,6H2,(H,18,19). The maximum atomic E-state index is 13.0. The molecule has 1 aromatic carbocycles. The first-order valence-electron chi connectivity index (χ1n) is 5.79. The predicted molar refractivity (Wildman–Crippen MR) is 74.0 cm³/mol. The second-order valence-electron chi connectivity index (χ2n) is 4.00. The molecule has 1 heterocycles. The van der Waals surface area contributed by atoms with E-state index in [1.54, 1.807) is 12.3 Å². The average Bonchev–Trinajstić information content (AvgIpc) is 2.38. The number of halogens is 2. The Kier molecular flexibility index (Phi) is 4.52. The monoisotopic (exact) mass is 278 g/mol. The summed E-state index contributed by atoms with van der Waals surface area (Å²) in [5.74, 6) is -1.13. The van der Waals surface area contributed by atoms with E-state index >= 15 is 0 Å². The van der Waals surface area contributed by atoms with Crippen molar-refractivity contribution in [2.75, 3.05) is 6.54 Å². The molecule has 0 unspecified atom stereocenters. The molecule has 0 radical (unpaired) electrons. The molecule has 0 amide bonds. The molecule has 2 rings (SSSR count). The van der Waals surface area contributed by atoms with Crippen LogP contribution in [0.3, 0.4) is 0 Å². The Hall–Kier alpha value is -1.88. The van der Waals surface area contributed by atoms with Crippen molar-refractivity contribution in [2.45, 2.75) is 6.42 Å². The molecule has 2 aromatic rings. The maximum Gasteiger partial charge on any atom is 0.126 e. The highest BCUT2D eigenvalue weighted by Gasteiger charge is 2.03. The van der Waals surface area contributed by atoms with Gasteiger partial charge in [-0.2, -0.15) is 0 Å². The van der Waals surface area contributed by atoms with Gasteiger partial charge in [0, 0.05) is 18.8 Å². The third kappa shape index (κ3) is 4.06. The van der Waals surface area contributed by atoms with Crippen LogP contribution in [0, 0.1) is 11.6 Å². The molecule has 0 bridgehead atoms. The molecule has 0 spiro atoms. The first-order valence-corrected chi connectivity index (χ1v) is 6.20. The minimum atomic E-state index is -0.567. The van der Waals surface area contributed by atoms with Gasteiger partial charge >= 0.3 is 0 Å². The highest BCUT2D eigenvalue weighted by atomic mass is 32.1. The van der Waals surface area contributed by atoms with Crippen molar-refractivity contribution < 1.29 is 8.78 Å². The first kappa shape index (κ1) is 13.5. The Morgan fingerprint density at radius 3 is 2.53 bits per heavy atom. The predicted octanol–water partition coefficient (Wildman–Crippen LogP) is 2.87. The van der Waals surface area contributed by atoms with E-state index in [0.29, 0.717) is 29.2 Å². The van der Waals surface area contributed by atoms with Gasteiger partial charge in [0.05, 0.1) is 5.69 Å². The smallest absolute Gasteiger partial charge is 0.126 e. The van der Waals surface area contributed by atoms with E-state index in [9.17, 15) is 8.78 Å². The second-order valence-corrected chi connectivity index (χ2v) is 4.41. The minimum absolute atomic E-state index is 0.488. The van der Waals surface area contributed by atoms with E-state index in [1.807, 2.05) is 12.1 Å². The Morgan fingerprint density at radius 2 is 1.89 bits per heavy atom. The van der Waals surface area contributed by atoms with Crippen molar-refractivity contribution in [2.24, 2.45) is 0 Å². The Balaban J connectivity index is 1.88. The van der Waals surface area contributed by atoms with Crippen LogP contribution in [-0.2, 0) is 6.42 Å². The van der Waals surface area contributed by atoms with Gasteiger partial charge in [0.2, 0.25) is 0 Å². The molecule has 0 aliphatic rings. The summed E-state index contributed by atoms with van der Waals surface area (Å²) >= 11 is 5.17. The minimum Gasteiger partial charge on any atom is -0.374 e. The molecule has 2 nitrogen and oxygen atoms in total. The number of rotatable bonds is 4. The summed E-state index contributed by atoms with van der Waals surface area (Å²) in [5.41, 5.74) is 1.27. The quantitative estimate of drug-likeness (QED) is 0.871. The van der Waals surface area contributed by atoms with Gasteiger partial charge in [0.15, 0.2) is 0 Å². The number of benzene rings is 1. The lowest BCUT2D eigenvalue weighted by Gasteiger charge is -2.07. The van der Waals surface area contributed by atoms with Crippen LogP contribution in [0.15, 0.2) is 42.6 Å². The fourth-order valence-corrected chi connectivity index (χ4v) is 1.89. The summed E-state index contributed by atoms with van der Waals surface area (Å²) in [4.78, 5) is 4.63. The Labute approximate surface area is 115 Å². The molecule has 5 heteroatoms. The lowest BCUT2D eigenvalue weighted by Crippen LogP contribution is -2.25. The Morgan fingerprint density at radius 1 is 1.16 bits per heavy atom. The average molecular weight is 278 g/mol. The fraction of sp³-hybridized carbons (Fsp3) is 0.143. The molecule has 19 heavy (non-hydrogen) atoms. The zero-order valence-electron chi connectivity index (χ0n) is 10.1. The molecule has 0 aliphatic carbocycles. The number of pyridine rings is 1. The molecule has 0 saturated heterocycles. The van der Waals surface area contributed by atoms with Gasteiger partial charge in [0.1, 0.15) is 16.6 Å². The van der Waals surface area contributed by atoms with Crippen LogP contribution in [0.25, 0.3) is 0 Å². The summed E-state index contributed by atoms with van der Waals surface area (Å²) in [6.07, 6.45) is 2.15. The van der Waals surface area contributed by atoms with Crippen molar-refractivity contribution in [3.05, 3.63) is 65.5 Å². The molecule has 98 valence electrons. The molecule has 1 N–H and O–H groups in total. The van der Waals surface area contributed by atoms with E-state index in [-0.39, 0.29) is 0 Å². The third-order valence-electron chi connectivity index (χ3n) is 2.52. The molecular weight excluding hydrogens is 266 g/mol. The lowest BCUT2D eigenvalue weighted by molar-refractivity contribution is 0.579. The van der Waals surface area contributed by atoms with Gasteiger partial charge < -0.3 is 5.32 Å². The van der Waals surface area contributed by atoms with Gasteiger partial charge in [-0.3, -0.25) is 4.98 Å². The summed E-state index contributed by atoms with van der Waals surface area (Å²) in [6, 6.07) is 8.94. The molecule has 0 fully saturated rings. The van der Waals surface area contributed by atoms with Crippen molar-refractivity contribution in [3.63, 3.8) is 0 Å². The normalized spacial score (nSPS) is 10.2. The van der Waals surface area contributed by atoms with Gasteiger partial charge in [-0.25, -0.2) is 8.78 Å². The summed E-state index contributed by atoms with van der Waals surface area (Å²) in [5, 5.41) is 3.01. The number of hydrogen-bond acceptors (Lipinski definition) is 2. The van der Waals surface area contributed by atoms with Crippen molar-refractivity contribution >= 4 is 17.2 Å². The highest BCUT2D eigenvalue weighted by Crippen LogP contribution is 2.08. The second kappa shape index (κ2) is 6.33. The van der Waals surface area contributed by atoms with E-state index < -0.39 is 11.6 Å². The summed E-state index contributed by atoms with van der Waals surface area (Å²) < 4.78 is 26.0. The molecule has 1 aromatic heterocycles. The van der Waals surface area contributed by atoms with Crippen LogP contribution in [0.1, 0.15) is 11.3 Å². The molecule has 0 atom stereocenters. The molecule has 0 saturated carbocycles. The van der Waals surface area contributed by atoms with Gasteiger partial charge in [-0.05, 0) is 36.2 Å². The third-order valence-corrected chi connectivity index (χ3v) is 2.87. The van der Waals surface area contributed by atoms with E-state index in [2.05, 4.69) is 10.3 Å². The number of hydrogen-bond donors (Lipinski definition) is 1. The van der Waals surface area contributed by atoms with Crippen molar-refractivity contribution in [1.29, 1.82) is 0 Å². The number of nitrogens with zero attached hydrogens (tertiary/aromatic N) is 1. The molecule has 0 aliphatic heterocycles. The first-order chi connectivity index (χ1) is 9.15. The SMILES string of the molecule is Fc1cc(F)cc(CCNC(=S)c2ccccn2)c1. The van der Waals surface area contributed by atoms with Gasteiger partial charge in [0.25, 0.3) is 0 Å². The van der Waals surface area contributed by atoms with Crippen LogP contribution >= 0.6 is 12.2 Å². The van der Waals surface area contributed by atoms with Gasteiger partial charge in [-0.1, -0.05) is 18.3 Å². The number of nitrogens with one attached hydrogen (secondary N) is 1. The Bertz CT molecular complexity index is 553. The van der Waals surface area contributed by atoms with Gasteiger partial charge in [-0.15, -0.1) is 0 Å². The largest absolute Gasteiger partial charge is 0.374 e. The highest BCUT2D eigenvalue weighted by molar-refractivity contribution is 7.80. The van der Waals surface area contributed by atoms with Crippen LogP contribution in [0.4, 0.5) is 8.78 Å². The van der Waals surface area contributed by atoms with Crippen LogP contribution in [0.5, 0.6) is 0 Å². The van der Waals surface area contributed by atoms with Crippen LogP contribution in [0.2, 0.25) is 0 Å².